The summed E-state index contributed by atoms with van der Waals surface area (Å²) in [5.41, 5.74) is -2.20. The van der Waals surface area contributed by atoms with Crippen LogP contribution in [-0.4, -0.2) is 52.4 Å². The second-order valence-corrected chi connectivity index (χ2v) is 5.99. The van der Waals surface area contributed by atoms with Gasteiger partial charge in [-0.3, -0.25) is 14.9 Å². The third-order valence-corrected chi connectivity index (χ3v) is 4.57. The van der Waals surface area contributed by atoms with Crippen LogP contribution in [0.15, 0.2) is 18.2 Å². The molecule has 9 heteroatoms. The molecule has 2 heterocycles. The number of nitrogens with zero attached hydrogens (tertiary/aromatic N) is 2. The highest BCUT2D eigenvalue weighted by atomic mass is 19.1. The minimum absolute atomic E-state index is 0.0332. The van der Waals surface area contributed by atoms with Crippen molar-refractivity contribution < 1.29 is 28.3 Å². The Kier molecular flexibility index (Phi) is 4.12. The molecule has 0 saturated carbocycles. The number of carbonyl (C=O) groups is 1. The molecule has 24 heavy (non-hydrogen) atoms. The molecule has 0 aromatic heterocycles. The van der Waals surface area contributed by atoms with Crippen LogP contribution in [0, 0.1) is 10.1 Å². The predicted octanol–water partition coefficient (Wildman–Crippen LogP) is 1.69. The van der Waals surface area contributed by atoms with Crippen molar-refractivity contribution in [3.63, 3.8) is 0 Å². The summed E-state index contributed by atoms with van der Waals surface area (Å²) in [5.74, 6) is -0.240. The number of aliphatic hydroxyl groups is 1. The number of fused-ring (bicyclic) bond motifs is 1. The van der Waals surface area contributed by atoms with Gasteiger partial charge < -0.3 is 14.7 Å². The molecule has 0 aliphatic carbocycles. The molecule has 0 spiro atoms. The smallest absolute Gasteiger partial charge is 0.270 e. The van der Waals surface area contributed by atoms with E-state index in [-0.39, 0.29) is 29.3 Å². The van der Waals surface area contributed by atoms with Crippen molar-refractivity contribution in [2.45, 2.75) is 30.6 Å². The van der Waals surface area contributed by atoms with Gasteiger partial charge in [0.05, 0.1) is 11.0 Å². The van der Waals surface area contributed by atoms with Gasteiger partial charge in [0.2, 0.25) is 5.91 Å². The number of non-ortho nitro benzene ring substituents is 1. The molecule has 1 amide bonds. The van der Waals surface area contributed by atoms with Crippen molar-refractivity contribution in [3.05, 3.63) is 33.9 Å². The number of nitro groups is 1. The van der Waals surface area contributed by atoms with E-state index in [4.69, 9.17) is 4.74 Å². The van der Waals surface area contributed by atoms with Crippen molar-refractivity contribution in [2.24, 2.45) is 0 Å². The number of hydrogen-bond acceptors (Lipinski definition) is 5. The van der Waals surface area contributed by atoms with Gasteiger partial charge in [-0.1, -0.05) is 0 Å². The molecule has 130 valence electrons. The first-order chi connectivity index (χ1) is 11.4. The molecule has 1 N–H and O–H groups in total. The summed E-state index contributed by atoms with van der Waals surface area (Å²) >= 11 is 0. The molecule has 1 fully saturated rings. The molecule has 1 aromatic carbocycles. The van der Waals surface area contributed by atoms with E-state index >= 15 is 0 Å². The highest BCUT2D eigenvalue weighted by Crippen LogP contribution is 2.45. The van der Waals surface area contributed by atoms with Crippen molar-refractivity contribution in [1.29, 1.82) is 0 Å². The lowest BCUT2D eigenvalue weighted by atomic mass is 9.84. The Morgan fingerprint density at radius 1 is 1.42 bits per heavy atom. The number of amides is 1. The van der Waals surface area contributed by atoms with E-state index in [9.17, 15) is 28.8 Å². The van der Waals surface area contributed by atoms with Gasteiger partial charge in [0.15, 0.2) is 5.60 Å². The Hall–Kier alpha value is -2.29. The topological polar surface area (TPSA) is 92.9 Å². The Labute approximate surface area is 136 Å². The summed E-state index contributed by atoms with van der Waals surface area (Å²) in [6.45, 7) is -2.28. The van der Waals surface area contributed by atoms with E-state index < -0.39 is 36.0 Å². The van der Waals surface area contributed by atoms with Crippen LogP contribution in [0.25, 0.3) is 0 Å². The second-order valence-electron chi connectivity index (χ2n) is 5.99. The maximum absolute atomic E-state index is 13.5. The first kappa shape index (κ1) is 16.6. The van der Waals surface area contributed by atoms with E-state index in [1.54, 1.807) is 0 Å². The lowest BCUT2D eigenvalue weighted by Gasteiger charge is -2.45. The number of nitro benzene ring substituents is 1. The van der Waals surface area contributed by atoms with E-state index in [0.29, 0.717) is 13.0 Å². The molecule has 2 atom stereocenters. The molecule has 1 aromatic rings. The van der Waals surface area contributed by atoms with Gasteiger partial charge in [0, 0.05) is 30.7 Å². The Morgan fingerprint density at radius 2 is 2.12 bits per heavy atom. The number of carbonyl (C=O) groups excluding carboxylic acids is 1. The van der Waals surface area contributed by atoms with Gasteiger partial charge in [0.1, 0.15) is 25.2 Å². The quantitative estimate of drug-likeness (QED) is 0.664. The molecule has 3 rings (SSSR count). The minimum Gasteiger partial charge on any atom is -0.479 e. The van der Waals surface area contributed by atoms with Gasteiger partial charge in [-0.15, -0.1) is 0 Å². The average molecular weight is 342 g/mol. The number of alkyl halides is 2. The number of benzene rings is 1. The lowest BCUT2D eigenvalue weighted by Crippen LogP contribution is -2.60. The van der Waals surface area contributed by atoms with Crippen molar-refractivity contribution in [2.75, 3.05) is 19.9 Å². The Bertz CT molecular complexity index is 680. The molecule has 0 radical (unpaired) electrons. The third kappa shape index (κ3) is 2.39. The molecular weight excluding hydrogens is 326 g/mol. The van der Waals surface area contributed by atoms with Gasteiger partial charge in [-0.05, 0) is 12.5 Å². The largest absolute Gasteiger partial charge is 0.479 e. The van der Waals surface area contributed by atoms with Crippen LogP contribution < -0.4 is 4.74 Å². The van der Waals surface area contributed by atoms with Crippen LogP contribution in [0.3, 0.4) is 0 Å². The highest BCUT2D eigenvalue weighted by Gasteiger charge is 2.53. The molecule has 2 aliphatic rings. The molecule has 2 aliphatic heterocycles. The summed E-state index contributed by atoms with van der Waals surface area (Å²) < 4.78 is 32.3. The third-order valence-electron chi connectivity index (χ3n) is 4.57. The molecule has 0 bridgehead atoms. The van der Waals surface area contributed by atoms with E-state index in [2.05, 4.69) is 0 Å². The maximum atomic E-state index is 13.5. The zero-order valence-corrected chi connectivity index (χ0v) is 12.7. The summed E-state index contributed by atoms with van der Waals surface area (Å²) in [7, 11) is 0. The fourth-order valence-electron chi connectivity index (χ4n) is 3.26. The maximum Gasteiger partial charge on any atom is 0.270 e. The summed E-state index contributed by atoms with van der Waals surface area (Å²) in [6, 6.07) is 2.48. The SMILES string of the molecule is O=C1CCCN1C1c2cc([N+](=O)[O-])ccc2OC(CF)(CF)C1O. The number of rotatable bonds is 4. The predicted molar refractivity (Wildman–Crippen MR) is 78.1 cm³/mol. The van der Waals surface area contributed by atoms with Crippen molar-refractivity contribution in [1.82, 2.24) is 4.90 Å². The Morgan fingerprint density at radius 3 is 2.67 bits per heavy atom. The molecular formula is C15H16F2N2O5. The number of aliphatic hydroxyl groups excluding tert-OH is 1. The fourth-order valence-corrected chi connectivity index (χ4v) is 3.26. The van der Waals surface area contributed by atoms with E-state index in [1.165, 1.54) is 17.0 Å². The van der Waals surface area contributed by atoms with Crippen LogP contribution in [0.5, 0.6) is 5.75 Å². The van der Waals surface area contributed by atoms with E-state index in [0.717, 1.165) is 6.07 Å². The van der Waals surface area contributed by atoms with Gasteiger partial charge in [0.25, 0.3) is 5.69 Å². The highest BCUT2D eigenvalue weighted by molar-refractivity contribution is 5.79. The van der Waals surface area contributed by atoms with Crippen molar-refractivity contribution in [3.8, 4) is 5.75 Å². The van der Waals surface area contributed by atoms with Gasteiger partial charge in [-0.25, -0.2) is 8.78 Å². The van der Waals surface area contributed by atoms with Crippen LogP contribution in [0.2, 0.25) is 0 Å². The number of hydrogen-bond donors (Lipinski definition) is 1. The zero-order chi connectivity index (χ0) is 17.5. The molecule has 1 saturated heterocycles. The summed E-state index contributed by atoms with van der Waals surface area (Å²) in [5, 5.41) is 21.6. The standard InChI is InChI=1S/C15H16F2N2O5/c16-7-15(8-17)14(21)13(18-5-1-2-12(18)20)10-6-9(19(22)23)3-4-11(10)24-15/h3-4,6,13-14,21H,1-2,5,7-8H2. The molecule has 2 unspecified atom stereocenters. The normalized spacial score (nSPS) is 25.3. The monoisotopic (exact) mass is 342 g/mol. The first-order valence-electron chi connectivity index (χ1n) is 7.50. The zero-order valence-electron chi connectivity index (χ0n) is 12.7. The molecule has 7 nitrogen and oxygen atoms in total. The van der Waals surface area contributed by atoms with Gasteiger partial charge >= 0.3 is 0 Å². The number of likely N-dealkylation sites (tertiary alicyclic amines) is 1. The first-order valence-corrected chi connectivity index (χ1v) is 7.50. The fraction of sp³-hybridized carbons (Fsp3) is 0.533. The van der Waals surface area contributed by atoms with Crippen LogP contribution in [-0.2, 0) is 4.79 Å². The lowest BCUT2D eigenvalue weighted by molar-refractivity contribution is -0.385. The minimum atomic E-state index is -2.13. The van der Waals surface area contributed by atoms with Crippen molar-refractivity contribution >= 4 is 11.6 Å². The van der Waals surface area contributed by atoms with E-state index in [1.807, 2.05) is 0 Å². The Balaban J connectivity index is 2.15. The number of ether oxygens (including phenoxy) is 1. The van der Waals surface area contributed by atoms with Crippen LogP contribution >= 0.6 is 0 Å². The average Bonchev–Trinajstić information content (AvgIpc) is 2.99. The second kappa shape index (κ2) is 5.97. The van der Waals surface area contributed by atoms with Crippen LogP contribution in [0.1, 0.15) is 24.4 Å². The van der Waals surface area contributed by atoms with Crippen LogP contribution in [0.4, 0.5) is 14.5 Å². The summed E-state index contributed by atoms with van der Waals surface area (Å²) in [6.07, 6.45) is -0.873. The van der Waals surface area contributed by atoms with Gasteiger partial charge in [-0.2, -0.15) is 0 Å². The summed E-state index contributed by atoms with van der Waals surface area (Å²) in [4.78, 5) is 23.8. The number of halogens is 2.